The SMILES string of the molecule is COc1cc(C(=O)NCC2CCCN2)ccc1Nc1ncc2c(n1)N(C1CCCC1)CCC(=O)N2C. The molecule has 2 aromatic rings. The van der Waals surface area contributed by atoms with E-state index in [0.717, 1.165) is 43.7 Å². The van der Waals surface area contributed by atoms with Gasteiger partial charge >= 0.3 is 0 Å². The van der Waals surface area contributed by atoms with Gasteiger partial charge in [0.1, 0.15) is 11.4 Å². The Kier molecular flexibility index (Phi) is 7.22. The first-order valence-corrected chi connectivity index (χ1v) is 12.9. The number of ether oxygens (including phenoxy) is 1. The van der Waals surface area contributed by atoms with Crippen LogP contribution in [0.4, 0.5) is 23.1 Å². The fourth-order valence-corrected chi connectivity index (χ4v) is 5.38. The number of nitrogens with one attached hydrogen (secondary N) is 3. The zero-order chi connectivity index (χ0) is 25.1. The van der Waals surface area contributed by atoms with Crippen LogP contribution in [0.1, 0.15) is 55.3 Å². The van der Waals surface area contributed by atoms with E-state index in [-0.39, 0.29) is 11.8 Å². The van der Waals surface area contributed by atoms with Crippen molar-refractivity contribution >= 4 is 35.0 Å². The van der Waals surface area contributed by atoms with E-state index in [1.165, 1.54) is 12.8 Å². The molecule has 3 aliphatic rings. The van der Waals surface area contributed by atoms with Crippen molar-refractivity contribution in [3.05, 3.63) is 30.0 Å². The highest BCUT2D eigenvalue weighted by Gasteiger charge is 2.31. The van der Waals surface area contributed by atoms with Gasteiger partial charge in [0.05, 0.1) is 19.0 Å². The minimum atomic E-state index is -0.130. The van der Waals surface area contributed by atoms with Crippen LogP contribution in [0, 0.1) is 0 Å². The van der Waals surface area contributed by atoms with Gasteiger partial charge in [-0.25, -0.2) is 4.98 Å². The summed E-state index contributed by atoms with van der Waals surface area (Å²) in [4.78, 5) is 38.5. The van der Waals surface area contributed by atoms with Crippen LogP contribution in [-0.4, -0.2) is 67.7 Å². The van der Waals surface area contributed by atoms with E-state index in [1.54, 1.807) is 43.5 Å². The van der Waals surface area contributed by atoms with Crippen molar-refractivity contribution in [1.29, 1.82) is 0 Å². The van der Waals surface area contributed by atoms with Gasteiger partial charge in [0.15, 0.2) is 5.82 Å². The molecule has 1 aliphatic carbocycles. The summed E-state index contributed by atoms with van der Waals surface area (Å²) in [5.74, 6) is 1.67. The van der Waals surface area contributed by atoms with Crippen molar-refractivity contribution < 1.29 is 14.3 Å². The maximum Gasteiger partial charge on any atom is 0.251 e. The topological polar surface area (TPSA) is 112 Å². The third kappa shape index (κ3) is 5.09. The number of amides is 2. The number of fused-ring (bicyclic) bond motifs is 1. The third-order valence-corrected chi connectivity index (χ3v) is 7.47. The standard InChI is InChI=1S/C26H35N7O3/c1-32-21-16-29-26(31-24(21)33(13-11-23(32)34)19-7-3-4-8-19)30-20-10-9-17(14-22(20)36-2)25(35)28-15-18-6-5-12-27-18/h9-10,14,16,18-19,27H,3-8,11-13,15H2,1-2H3,(H,28,35)(H,29,30,31). The molecule has 1 aromatic carbocycles. The molecule has 1 atom stereocenters. The van der Waals surface area contributed by atoms with Crippen molar-refractivity contribution in [2.45, 2.75) is 57.0 Å². The lowest BCUT2D eigenvalue weighted by Crippen LogP contribution is -2.37. The maximum absolute atomic E-state index is 12.7. The summed E-state index contributed by atoms with van der Waals surface area (Å²) < 4.78 is 5.58. The molecule has 1 aromatic heterocycles. The zero-order valence-electron chi connectivity index (χ0n) is 21.0. The van der Waals surface area contributed by atoms with Crippen LogP contribution in [-0.2, 0) is 4.79 Å². The fourth-order valence-electron chi connectivity index (χ4n) is 5.38. The maximum atomic E-state index is 12.7. The molecule has 3 heterocycles. The molecule has 10 nitrogen and oxygen atoms in total. The van der Waals surface area contributed by atoms with E-state index in [4.69, 9.17) is 9.72 Å². The number of hydrogen-bond donors (Lipinski definition) is 3. The minimum absolute atomic E-state index is 0.0697. The number of benzene rings is 1. The van der Waals surface area contributed by atoms with E-state index in [9.17, 15) is 9.59 Å². The number of carbonyl (C=O) groups excluding carboxylic acids is 2. The average Bonchev–Trinajstić information content (AvgIpc) is 3.60. The number of aromatic nitrogens is 2. The molecule has 0 radical (unpaired) electrons. The highest BCUT2D eigenvalue weighted by atomic mass is 16.5. The van der Waals surface area contributed by atoms with Gasteiger partial charge in [-0.3, -0.25) is 9.59 Å². The Labute approximate surface area is 211 Å². The van der Waals surface area contributed by atoms with Crippen LogP contribution in [0.25, 0.3) is 0 Å². The van der Waals surface area contributed by atoms with E-state index in [1.807, 2.05) is 0 Å². The lowest BCUT2D eigenvalue weighted by atomic mass is 10.1. The van der Waals surface area contributed by atoms with Crippen molar-refractivity contribution in [3.63, 3.8) is 0 Å². The Morgan fingerprint density at radius 3 is 2.81 bits per heavy atom. The predicted molar refractivity (Wildman–Crippen MR) is 139 cm³/mol. The van der Waals surface area contributed by atoms with E-state index >= 15 is 0 Å². The van der Waals surface area contributed by atoms with Gasteiger partial charge in [0.2, 0.25) is 11.9 Å². The number of rotatable bonds is 7. The molecule has 0 spiro atoms. The number of hydrogen-bond acceptors (Lipinski definition) is 8. The van der Waals surface area contributed by atoms with Crippen LogP contribution in [0.5, 0.6) is 5.75 Å². The second-order valence-corrected chi connectivity index (χ2v) is 9.78. The zero-order valence-corrected chi connectivity index (χ0v) is 21.0. The highest BCUT2D eigenvalue weighted by molar-refractivity contribution is 5.97. The van der Waals surface area contributed by atoms with E-state index in [2.05, 4.69) is 25.8 Å². The monoisotopic (exact) mass is 493 g/mol. The Morgan fingerprint density at radius 1 is 1.22 bits per heavy atom. The van der Waals surface area contributed by atoms with Gasteiger partial charge in [0.25, 0.3) is 5.91 Å². The number of carbonyl (C=O) groups is 2. The third-order valence-electron chi connectivity index (χ3n) is 7.47. The second kappa shape index (κ2) is 10.7. The summed E-state index contributed by atoms with van der Waals surface area (Å²) >= 11 is 0. The summed E-state index contributed by atoms with van der Waals surface area (Å²) in [5.41, 5.74) is 1.92. The second-order valence-electron chi connectivity index (χ2n) is 9.78. The van der Waals surface area contributed by atoms with Crippen LogP contribution in [0.2, 0.25) is 0 Å². The van der Waals surface area contributed by atoms with Crippen molar-refractivity contribution in [2.75, 3.05) is 48.9 Å². The summed E-state index contributed by atoms with van der Waals surface area (Å²) in [6.45, 7) is 2.27. The van der Waals surface area contributed by atoms with Crippen LogP contribution in [0.3, 0.4) is 0 Å². The molecule has 192 valence electrons. The number of nitrogens with zero attached hydrogens (tertiary/aromatic N) is 4. The molecular weight excluding hydrogens is 458 g/mol. The first kappa shape index (κ1) is 24.3. The Balaban J connectivity index is 1.36. The first-order chi connectivity index (χ1) is 17.5. The van der Waals surface area contributed by atoms with E-state index < -0.39 is 0 Å². The van der Waals surface area contributed by atoms with Crippen molar-refractivity contribution in [3.8, 4) is 5.75 Å². The molecule has 36 heavy (non-hydrogen) atoms. The Hall–Kier alpha value is -3.40. The normalized spacial score (nSPS) is 20.3. The molecule has 0 bridgehead atoms. The summed E-state index contributed by atoms with van der Waals surface area (Å²) in [5, 5.41) is 9.64. The Morgan fingerprint density at radius 2 is 2.06 bits per heavy atom. The number of methoxy groups -OCH3 is 1. The van der Waals surface area contributed by atoms with Crippen LogP contribution in [0.15, 0.2) is 24.4 Å². The largest absolute Gasteiger partial charge is 0.495 e. The molecule has 5 rings (SSSR count). The predicted octanol–water partition coefficient (Wildman–Crippen LogP) is 2.83. The molecule has 2 fully saturated rings. The molecule has 1 saturated heterocycles. The first-order valence-electron chi connectivity index (χ1n) is 12.9. The van der Waals surface area contributed by atoms with Gasteiger partial charge in [0, 0.05) is 44.2 Å². The molecule has 10 heteroatoms. The quantitative estimate of drug-likeness (QED) is 0.540. The molecule has 3 N–H and O–H groups in total. The molecule has 2 aliphatic heterocycles. The van der Waals surface area contributed by atoms with E-state index in [0.29, 0.717) is 54.5 Å². The fraction of sp³-hybridized carbons (Fsp3) is 0.538. The van der Waals surface area contributed by atoms with Gasteiger partial charge < -0.3 is 30.5 Å². The van der Waals surface area contributed by atoms with Crippen LogP contribution >= 0.6 is 0 Å². The number of anilines is 4. The molecule has 1 unspecified atom stereocenters. The smallest absolute Gasteiger partial charge is 0.251 e. The van der Waals surface area contributed by atoms with Gasteiger partial charge in [-0.1, -0.05) is 12.8 Å². The minimum Gasteiger partial charge on any atom is -0.495 e. The average molecular weight is 494 g/mol. The van der Waals surface area contributed by atoms with Crippen LogP contribution < -0.4 is 30.5 Å². The highest BCUT2D eigenvalue weighted by Crippen LogP contribution is 2.37. The summed E-state index contributed by atoms with van der Waals surface area (Å²) in [6.07, 6.45) is 9.01. The van der Waals surface area contributed by atoms with Crippen molar-refractivity contribution in [2.24, 2.45) is 0 Å². The summed E-state index contributed by atoms with van der Waals surface area (Å²) in [7, 11) is 3.36. The lowest BCUT2D eigenvalue weighted by Gasteiger charge is -2.30. The van der Waals surface area contributed by atoms with Gasteiger partial charge in [-0.15, -0.1) is 0 Å². The van der Waals surface area contributed by atoms with Gasteiger partial charge in [-0.2, -0.15) is 4.98 Å². The molecule has 1 saturated carbocycles. The summed E-state index contributed by atoms with van der Waals surface area (Å²) in [6, 6.07) is 6.02. The Bertz CT molecular complexity index is 1110. The molecule has 2 amide bonds. The van der Waals surface area contributed by atoms with Gasteiger partial charge in [-0.05, 0) is 50.4 Å². The molecular formula is C26H35N7O3. The van der Waals surface area contributed by atoms with Crippen molar-refractivity contribution in [1.82, 2.24) is 20.6 Å². The lowest BCUT2D eigenvalue weighted by molar-refractivity contribution is -0.118.